The van der Waals surface area contributed by atoms with Crippen molar-refractivity contribution < 1.29 is 9.59 Å². The lowest BCUT2D eigenvalue weighted by molar-refractivity contribution is -0.153. The van der Waals surface area contributed by atoms with Crippen LogP contribution < -0.4 is 5.32 Å². The molecule has 0 unspecified atom stereocenters. The van der Waals surface area contributed by atoms with Crippen LogP contribution in [-0.2, 0) is 16.0 Å². The van der Waals surface area contributed by atoms with Crippen molar-refractivity contribution in [2.24, 2.45) is 11.8 Å². The standard InChI is InChI=1S/C22H32N4O2/c1-2-25-14-16-12-17(15-25)20(26-19(16)7-5-8-22(26)28)13-24-21(27)10-9-18-6-3-4-11-23-18/h3-4,6,11,16-17,19-20H,2,5,7-10,12-15H2,1H3,(H,24,27)/t16-,17+,19+,20+/m1/s1. The van der Waals surface area contributed by atoms with Gasteiger partial charge in [0.15, 0.2) is 0 Å². The van der Waals surface area contributed by atoms with Crippen molar-refractivity contribution in [1.82, 2.24) is 20.1 Å². The lowest BCUT2D eigenvalue weighted by Crippen LogP contribution is -2.67. The van der Waals surface area contributed by atoms with Gasteiger partial charge in [-0.25, -0.2) is 0 Å². The highest BCUT2D eigenvalue weighted by Gasteiger charge is 2.48. The first-order valence-corrected chi connectivity index (χ1v) is 10.9. The van der Waals surface area contributed by atoms with E-state index in [2.05, 4.69) is 27.0 Å². The van der Waals surface area contributed by atoms with Gasteiger partial charge in [-0.3, -0.25) is 14.6 Å². The summed E-state index contributed by atoms with van der Waals surface area (Å²) in [5.41, 5.74) is 0.940. The van der Waals surface area contributed by atoms with Gasteiger partial charge < -0.3 is 15.1 Å². The van der Waals surface area contributed by atoms with Gasteiger partial charge in [-0.1, -0.05) is 13.0 Å². The van der Waals surface area contributed by atoms with E-state index in [1.54, 1.807) is 6.20 Å². The Morgan fingerprint density at radius 3 is 2.93 bits per heavy atom. The topological polar surface area (TPSA) is 65.5 Å². The molecular weight excluding hydrogens is 352 g/mol. The minimum atomic E-state index is 0.0527. The number of hydrogen-bond donors (Lipinski definition) is 1. The zero-order valence-electron chi connectivity index (χ0n) is 16.8. The Kier molecular flexibility index (Phi) is 5.95. The molecule has 2 bridgehead atoms. The molecule has 3 saturated heterocycles. The molecule has 0 spiro atoms. The molecule has 0 saturated carbocycles. The summed E-state index contributed by atoms with van der Waals surface area (Å²) in [6.45, 7) is 6.02. The first-order chi connectivity index (χ1) is 13.7. The van der Waals surface area contributed by atoms with Crippen molar-refractivity contribution in [2.75, 3.05) is 26.2 Å². The molecule has 3 fully saturated rings. The van der Waals surface area contributed by atoms with Gasteiger partial charge in [-0.05, 0) is 56.2 Å². The largest absolute Gasteiger partial charge is 0.354 e. The number of aryl methyl sites for hydroxylation is 1. The van der Waals surface area contributed by atoms with Crippen LogP contribution in [0.4, 0.5) is 0 Å². The third kappa shape index (κ3) is 4.07. The van der Waals surface area contributed by atoms with Crippen molar-refractivity contribution in [3.8, 4) is 0 Å². The van der Waals surface area contributed by atoms with Crippen LogP contribution in [-0.4, -0.2) is 64.9 Å². The quantitative estimate of drug-likeness (QED) is 0.813. The van der Waals surface area contributed by atoms with Gasteiger partial charge in [0.1, 0.15) is 0 Å². The number of piperidine rings is 3. The maximum atomic E-state index is 12.8. The predicted octanol–water partition coefficient (Wildman–Crippen LogP) is 1.85. The zero-order valence-corrected chi connectivity index (χ0v) is 16.8. The number of amides is 2. The molecule has 1 aromatic heterocycles. The predicted molar refractivity (Wildman–Crippen MR) is 108 cm³/mol. The van der Waals surface area contributed by atoms with E-state index in [1.807, 2.05) is 18.2 Å². The number of likely N-dealkylation sites (tertiary alicyclic amines) is 1. The Morgan fingerprint density at radius 1 is 1.29 bits per heavy atom. The Balaban J connectivity index is 1.39. The van der Waals surface area contributed by atoms with E-state index in [-0.39, 0.29) is 11.9 Å². The lowest BCUT2D eigenvalue weighted by Gasteiger charge is -2.56. The molecule has 1 aromatic rings. The molecule has 2 amide bonds. The van der Waals surface area contributed by atoms with Crippen LogP contribution in [0.2, 0.25) is 0 Å². The lowest BCUT2D eigenvalue weighted by atomic mass is 9.72. The van der Waals surface area contributed by atoms with Crippen molar-refractivity contribution in [3.05, 3.63) is 30.1 Å². The number of rotatable bonds is 6. The number of carbonyl (C=O) groups is 2. The number of aromatic nitrogens is 1. The van der Waals surface area contributed by atoms with Crippen LogP contribution >= 0.6 is 0 Å². The van der Waals surface area contributed by atoms with Gasteiger partial charge in [0.25, 0.3) is 0 Å². The molecule has 6 nitrogen and oxygen atoms in total. The number of pyridine rings is 1. The van der Waals surface area contributed by atoms with E-state index >= 15 is 0 Å². The van der Waals surface area contributed by atoms with Crippen LogP contribution in [0.5, 0.6) is 0 Å². The van der Waals surface area contributed by atoms with Crippen LogP contribution in [0, 0.1) is 11.8 Å². The normalized spacial score (nSPS) is 30.0. The Labute approximate surface area is 167 Å². The van der Waals surface area contributed by atoms with Crippen molar-refractivity contribution in [1.29, 1.82) is 0 Å². The smallest absolute Gasteiger partial charge is 0.223 e. The minimum absolute atomic E-state index is 0.0527. The second kappa shape index (κ2) is 8.60. The van der Waals surface area contributed by atoms with Crippen LogP contribution in [0.25, 0.3) is 0 Å². The van der Waals surface area contributed by atoms with Gasteiger partial charge >= 0.3 is 0 Å². The van der Waals surface area contributed by atoms with Gasteiger partial charge in [0.2, 0.25) is 11.8 Å². The summed E-state index contributed by atoms with van der Waals surface area (Å²) in [5, 5.41) is 3.13. The minimum Gasteiger partial charge on any atom is -0.354 e. The Bertz CT molecular complexity index is 695. The highest BCUT2D eigenvalue weighted by molar-refractivity contribution is 5.78. The van der Waals surface area contributed by atoms with E-state index in [9.17, 15) is 9.59 Å². The van der Waals surface area contributed by atoms with E-state index in [0.717, 1.165) is 38.2 Å². The van der Waals surface area contributed by atoms with E-state index in [4.69, 9.17) is 0 Å². The fourth-order valence-corrected chi connectivity index (χ4v) is 5.49. The molecule has 4 heterocycles. The molecule has 0 aromatic carbocycles. The second-order valence-electron chi connectivity index (χ2n) is 8.56. The summed E-state index contributed by atoms with van der Waals surface area (Å²) >= 11 is 0. The third-order valence-electron chi connectivity index (χ3n) is 6.86. The molecule has 4 rings (SSSR count). The highest BCUT2D eigenvalue weighted by atomic mass is 16.2. The molecule has 3 aliphatic heterocycles. The van der Waals surface area contributed by atoms with Crippen molar-refractivity contribution in [2.45, 2.75) is 57.5 Å². The number of nitrogens with zero attached hydrogens (tertiary/aromatic N) is 3. The summed E-state index contributed by atoms with van der Waals surface area (Å²) in [4.78, 5) is 34.2. The fourth-order valence-electron chi connectivity index (χ4n) is 5.49. The molecule has 152 valence electrons. The highest BCUT2D eigenvalue weighted by Crippen LogP contribution is 2.41. The Morgan fingerprint density at radius 2 is 2.14 bits per heavy atom. The van der Waals surface area contributed by atoms with Crippen molar-refractivity contribution >= 4 is 11.8 Å². The third-order valence-corrected chi connectivity index (χ3v) is 6.86. The van der Waals surface area contributed by atoms with E-state index < -0.39 is 0 Å². The van der Waals surface area contributed by atoms with Crippen LogP contribution in [0.15, 0.2) is 24.4 Å². The summed E-state index contributed by atoms with van der Waals surface area (Å²) in [5.74, 6) is 1.41. The zero-order chi connectivity index (χ0) is 19.5. The maximum Gasteiger partial charge on any atom is 0.223 e. The molecular formula is C22H32N4O2. The van der Waals surface area contributed by atoms with E-state index in [1.165, 1.54) is 6.42 Å². The second-order valence-corrected chi connectivity index (χ2v) is 8.56. The van der Waals surface area contributed by atoms with Crippen LogP contribution in [0.1, 0.15) is 44.7 Å². The first kappa shape index (κ1) is 19.4. The average molecular weight is 385 g/mol. The van der Waals surface area contributed by atoms with Crippen LogP contribution in [0.3, 0.4) is 0 Å². The maximum absolute atomic E-state index is 12.8. The molecule has 4 atom stereocenters. The molecule has 0 radical (unpaired) electrons. The van der Waals surface area contributed by atoms with Gasteiger partial charge in [0.05, 0.1) is 6.04 Å². The molecule has 0 aliphatic carbocycles. The summed E-state index contributed by atoms with van der Waals surface area (Å²) in [7, 11) is 0. The number of fused-ring (bicyclic) bond motifs is 4. The first-order valence-electron chi connectivity index (χ1n) is 10.9. The number of hydrogen-bond acceptors (Lipinski definition) is 4. The van der Waals surface area contributed by atoms with Gasteiger partial charge in [-0.2, -0.15) is 0 Å². The van der Waals surface area contributed by atoms with Gasteiger partial charge in [0, 0.05) is 50.4 Å². The van der Waals surface area contributed by atoms with Crippen molar-refractivity contribution in [3.63, 3.8) is 0 Å². The molecule has 28 heavy (non-hydrogen) atoms. The fraction of sp³-hybridized carbons (Fsp3) is 0.682. The SMILES string of the molecule is CCN1C[C@H]2C[C@@H](C1)[C@H](CNC(=O)CCc1ccccn1)N1C(=O)CCC[C@@H]21. The molecule has 3 aliphatic rings. The number of nitrogens with one attached hydrogen (secondary N) is 1. The molecule has 6 heteroatoms. The monoisotopic (exact) mass is 384 g/mol. The summed E-state index contributed by atoms with van der Waals surface area (Å²) < 4.78 is 0. The number of carbonyl (C=O) groups excluding carboxylic acids is 2. The van der Waals surface area contributed by atoms with E-state index in [0.29, 0.717) is 49.6 Å². The van der Waals surface area contributed by atoms with Gasteiger partial charge in [-0.15, -0.1) is 0 Å². The molecule has 1 N–H and O–H groups in total. The summed E-state index contributed by atoms with van der Waals surface area (Å²) in [6, 6.07) is 6.29. The Hall–Kier alpha value is -1.95. The summed E-state index contributed by atoms with van der Waals surface area (Å²) in [6.07, 6.45) is 6.84. The average Bonchev–Trinajstić information content (AvgIpc) is 2.73.